The smallest absolute Gasteiger partial charge is 0.309 e. The largest absolute Gasteiger partial charge is 0.481 e. The normalized spacial score (nSPS) is 33.5. The molecule has 1 aliphatic heterocycles. The lowest BCUT2D eigenvalue weighted by atomic mass is 9.96. The van der Waals surface area contributed by atoms with Crippen LogP contribution in [0.5, 0.6) is 0 Å². The zero-order valence-corrected chi connectivity index (χ0v) is 8.32. The molecule has 1 N–H and O–H groups in total. The quantitative estimate of drug-likeness (QED) is 0.731. The summed E-state index contributed by atoms with van der Waals surface area (Å²) in [5, 5.41) is 8.94. The third-order valence-electron chi connectivity index (χ3n) is 2.68. The lowest BCUT2D eigenvalue weighted by Gasteiger charge is -2.13. The molecule has 0 radical (unpaired) electrons. The molecule has 1 heterocycles. The van der Waals surface area contributed by atoms with Crippen molar-refractivity contribution in [3.05, 3.63) is 0 Å². The van der Waals surface area contributed by atoms with E-state index in [1.54, 1.807) is 0 Å². The van der Waals surface area contributed by atoms with Gasteiger partial charge < -0.3 is 9.84 Å². The summed E-state index contributed by atoms with van der Waals surface area (Å²) in [5.41, 5.74) is 0. The summed E-state index contributed by atoms with van der Waals surface area (Å²) in [6.45, 7) is 4.10. The zero-order valence-electron chi connectivity index (χ0n) is 8.32. The van der Waals surface area contributed by atoms with Crippen molar-refractivity contribution in [1.82, 2.24) is 0 Å². The summed E-state index contributed by atoms with van der Waals surface area (Å²) in [6.07, 6.45) is 3.59. The third-order valence-corrected chi connectivity index (χ3v) is 2.68. The average Bonchev–Trinajstić information content (AvgIpc) is 2.48. The molecule has 1 aliphatic rings. The molecule has 0 amide bonds. The Balaban J connectivity index is 2.54. The summed E-state index contributed by atoms with van der Waals surface area (Å²) in [7, 11) is 0. The Morgan fingerprint density at radius 1 is 1.54 bits per heavy atom. The highest BCUT2D eigenvalue weighted by molar-refractivity contribution is 5.71. The number of carboxylic acid groups (broad SMARTS) is 1. The van der Waals surface area contributed by atoms with Gasteiger partial charge in [0.25, 0.3) is 0 Å². The summed E-state index contributed by atoms with van der Waals surface area (Å²) in [4.78, 5) is 10.9. The fraction of sp³-hybridized carbons (Fsp3) is 0.900. The molecule has 0 aromatic heterocycles. The van der Waals surface area contributed by atoms with Crippen LogP contribution in [-0.4, -0.2) is 23.3 Å². The van der Waals surface area contributed by atoms with E-state index in [0.717, 1.165) is 19.3 Å². The maximum atomic E-state index is 10.9. The molecule has 3 nitrogen and oxygen atoms in total. The summed E-state index contributed by atoms with van der Waals surface area (Å²) < 4.78 is 5.64. The molecule has 0 bridgehead atoms. The van der Waals surface area contributed by atoms with Crippen LogP contribution in [-0.2, 0) is 9.53 Å². The minimum atomic E-state index is -0.700. The van der Waals surface area contributed by atoms with E-state index in [1.807, 2.05) is 6.92 Å². The lowest BCUT2D eigenvalue weighted by Crippen LogP contribution is -2.23. The molecule has 3 atom stereocenters. The predicted molar refractivity (Wildman–Crippen MR) is 49.6 cm³/mol. The van der Waals surface area contributed by atoms with E-state index in [2.05, 4.69) is 6.92 Å². The zero-order chi connectivity index (χ0) is 9.84. The summed E-state index contributed by atoms with van der Waals surface area (Å²) in [5.74, 6) is -0.973. The van der Waals surface area contributed by atoms with Crippen molar-refractivity contribution in [2.75, 3.05) is 0 Å². The SMILES string of the molecule is CCCC1OC(CC)CC1C(=O)O. The van der Waals surface area contributed by atoms with Crippen LogP contribution in [0.3, 0.4) is 0 Å². The Morgan fingerprint density at radius 2 is 2.23 bits per heavy atom. The standard InChI is InChI=1S/C10H18O3/c1-3-5-9-8(10(11)12)6-7(4-2)13-9/h7-9H,3-6H2,1-2H3,(H,11,12). The van der Waals surface area contributed by atoms with Crippen LogP contribution in [0.4, 0.5) is 0 Å². The van der Waals surface area contributed by atoms with Gasteiger partial charge in [0.15, 0.2) is 0 Å². The van der Waals surface area contributed by atoms with Crippen molar-refractivity contribution in [3.8, 4) is 0 Å². The van der Waals surface area contributed by atoms with Crippen LogP contribution in [0.2, 0.25) is 0 Å². The average molecular weight is 186 g/mol. The van der Waals surface area contributed by atoms with Gasteiger partial charge in [-0.05, 0) is 19.3 Å². The first kappa shape index (κ1) is 10.5. The first-order valence-electron chi connectivity index (χ1n) is 5.07. The molecule has 0 aromatic carbocycles. The molecule has 0 aliphatic carbocycles. The van der Waals surface area contributed by atoms with Gasteiger partial charge in [0.1, 0.15) is 0 Å². The molecule has 76 valence electrons. The Kier molecular flexibility index (Phi) is 3.72. The Hall–Kier alpha value is -0.570. The van der Waals surface area contributed by atoms with Crippen molar-refractivity contribution < 1.29 is 14.6 Å². The van der Waals surface area contributed by atoms with Gasteiger partial charge in [0.05, 0.1) is 18.1 Å². The van der Waals surface area contributed by atoms with Crippen LogP contribution in [0, 0.1) is 5.92 Å². The predicted octanol–water partition coefficient (Wildman–Crippen LogP) is 2.05. The van der Waals surface area contributed by atoms with Crippen molar-refractivity contribution in [2.24, 2.45) is 5.92 Å². The molecule has 0 spiro atoms. The summed E-state index contributed by atoms with van der Waals surface area (Å²) in [6, 6.07) is 0. The number of carbonyl (C=O) groups is 1. The topological polar surface area (TPSA) is 46.5 Å². The van der Waals surface area contributed by atoms with E-state index in [-0.39, 0.29) is 18.1 Å². The molecule has 1 saturated heterocycles. The van der Waals surface area contributed by atoms with Gasteiger partial charge in [-0.3, -0.25) is 4.79 Å². The van der Waals surface area contributed by atoms with Gasteiger partial charge in [0, 0.05) is 0 Å². The molecular formula is C10H18O3. The molecule has 1 rings (SSSR count). The van der Waals surface area contributed by atoms with Crippen LogP contribution in [0.15, 0.2) is 0 Å². The molecular weight excluding hydrogens is 168 g/mol. The molecule has 3 unspecified atom stereocenters. The van der Waals surface area contributed by atoms with Crippen LogP contribution >= 0.6 is 0 Å². The van der Waals surface area contributed by atoms with E-state index < -0.39 is 5.97 Å². The lowest BCUT2D eigenvalue weighted by molar-refractivity contribution is -0.143. The maximum absolute atomic E-state index is 10.9. The van der Waals surface area contributed by atoms with E-state index >= 15 is 0 Å². The highest BCUT2D eigenvalue weighted by Gasteiger charge is 2.38. The molecule has 3 heteroatoms. The second-order valence-corrected chi connectivity index (χ2v) is 3.67. The second-order valence-electron chi connectivity index (χ2n) is 3.67. The first-order chi connectivity index (χ1) is 6.19. The number of rotatable bonds is 4. The Morgan fingerprint density at radius 3 is 2.69 bits per heavy atom. The highest BCUT2D eigenvalue weighted by Crippen LogP contribution is 2.31. The van der Waals surface area contributed by atoms with Crippen LogP contribution in [0.1, 0.15) is 39.5 Å². The first-order valence-corrected chi connectivity index (χ1v) is 5.07. The number of aliphatic carboxylic acids is 1. The number of hydrogen-bond donors (Lipinski definition) is 1. The second kappa shape index (κ2) is 4.61. The van der Waals surface area contributed by atoms with Gasteiger partial charge in [-0.2, -0.15) is 0 Å². The van der Waals surface area contributed by atoms with Gasteiger partial charge in [0.2, 0.25) is 0 Å². The van der Waals surface area contributed by atoms with E-state index in [0.29, 0.717) is 6.42 Å². The Bertz CT molecular complexity index is 179. The molecule has 0 saturated carbocycles. The van der Waals surface area contributed by atoms with Crippen molar-refractivity contribution >= 4 is 5.97 Å². The van der Waals surface area contributed by atoms with E-state index in [4.69, 9.17) is 9.84 Å². The van der Waals surface area contributed by atoms with Crippen molar-refractivity contribution in [3.63, 3.8) is 0 Å². The Labute approximate surface area is 79.1 Å². The van der Waals surface area contributed by atoms with E-state index in [9.17, 15) is 4.79 Å². The van der Waals surface area contributed by atoms with Gasteiger partial charge in [-0.25, -0.2) is 0 Å². The van der Waals surface area contributed by atoms with Crippen molar-refractivity contribution in [2.45, 2.75) is 51.7 Å². The number of hydrogen-bond acceptors (Lipinski definition) is 2. The molecule has 0 aromatic rings. The van der Waals surface area contributed by atoms with Gasteiger partial charge in [-0.15, -0.1) is 0 Å². The van der Waals surface area contributed by atoms with Crippen LogP contribution in [0.25, 0.3) is 0 Å². The fourth-order valence-corrected chi connectivity index (χ4v) is 1.91. The van der Waals surface area contributed by atoms with Gasteiger partial charge >= 0.3 is 5.97 Å². The fourth-order valence-electron chi connectivity index (χ4n) is 1.91. The minimum Gasteiger partial charge on any atom is -0.481 e. The summed E-state index contributed by atoms with van der Waals surface area (Å²) >= 11 is 0. The molecule has 13 heavy (non-hydrogen) atoms. The van der Waals surface area contributed by atoms with Crippen molar-refractivity contribution in [1.29, 1.82) is 0 Å². The monoisotopic (exact) mass is 186 g/mol. The van der Waals surface area contributed by atoms with Gasteiger partial charge in [-0.1, -0.05) is 20.3 Å². The third kappa shape index (κ3) is 2.44. The molecule has 1 fully saturated rings. The van der Waals surface area contributed by atoms with Crippen LogP contribution < -0.4 is 0 Å². The van der Waals surface area contributed by atoms with E-state index in [1.165, 1.54) is 0 Å². The number of carboxylic acids is 1. The minimum absolute atomic E-state index is 0.0487. The number of ether oxygens (including phenoxy) is 1. The highest BCUT2D eigenvalue weighted by atomic mass is 16.5. The maximum Gasteiger partial charge on any atom is 0.309 e.